The fraction of sp³-hybridized carbons (Fsp3) is 0.409. The first-order valence-electron chi connectivity index (χ1n) is 10.2. The van der Waals surface area contributed by atoms with E-state index in [0.29, 0.717) is 5.92 Å². The first-order valence-corrected chi connectivity index (χ1v) is 11.0. The SMILES string of the molecule is CN/N=C(/C)C1=CSC(C(=O)N[C@@H]2CCCC(c3nc4ccccc4[nH]3)C2)=CC1. The van der Waals surface area contributed by atoms with Gasteiger partial charge in [-0.3, -0.25) is 4.79 Å². The Morgan fingerprint density at radius 3 is 2.93 bits per heavy atom. The van der Waals surface area contributed by atoms with Crippen LogP contribution in [0.25, 0.3) is 11.0 Å². The first-order chi connectivity index (χ1) is 14.1. The van der Waals surface area contributed by atoms with Crippen LogP contribution in [0.5, 0.6) is 0 Å². The molecule has 2 atom stereocenters. The van der Waals surface area contributed by atoms with E-state index in [0.717, 1.165) is 65.2 Å². The summed E-state index contributed by atoms with van der Waals surface area (Å²) in [6.07, 6.45) is 6.90. The van der Waals surface area contributed by atoms with Crippen LogP contribution >= 0.6 is 11.8 Å². The number of rotatable bonds is 5. The maximum Gasteiger partial charge on any atom is 0.257 e. The summed E-state index contributed by atoms with van der Waals surface area (Å²) in [5.41, 5.74) is 7.00. The number of H-pyrrole nitrogens is 1. The third-order valence-corrected chi connectivity index (χ3v) is 6.62. The number of hydrogen-bond donors (Lipinski definition) is 3. The van der Waals surface area contributed by atoms with Gasteiger partial charge in [-0.15, -0.1) is 0 Å². The van der Waals surface area contributed by atoms with Crippen molar-refractivity contribution in [2.75, 3.05) is 7.05 Å². The van der Waals surface area contributed by atoms with Crippen LogP contribution in [0.15, 0.2) is 51.3 Å². The van der Waals surface area contributed by atoms with E-state index >= 15 is 0 Å². The van der Waals surface area contributed by atoms with E-state index in [4.69, 9.17) is 4.98 Å². The van der Waals surface area contributed by atoms with Gasteiger partial charge in [0, 0.05) is 19.0 Å². The summed E-state index contributed by atoms with van der Waals surface area (Å²) in [7, 11) is 1.79. The summed E-state index contributed by atoms with van der Waals surface area (Å²) in [5, 5.41) is 9.49. The van der Waals surface area contributed by atoms with Gasteiger partial charge in [-0.1, -0.05) is 36.4 Å². The molecule has 1 aliphatic carbocycles. The Labute approximate surface area is 175 Å². The second-order valence-electron chi connectivity index (χ2n) is 7.63. The molecular weight excluding hydrogens is 382 g/mol. The van der Waals surface area contributed by atoms with Crippen LogP contribution in [0.2, 0.25) is 0 Å². The van der Waals surface area contributed by atoms with Crippen LogP contribution in [0, 0.1) is 0 Å². The normalized spacial score (nSPS) is 22.8. The number of fused-ring (bicyclic) bond motifs is 1. The molecule has 6 nitrogen and oxygen atoms in total. The lowest BCUT2D eigenvalue weighted by atomic mass is 9.85. The number of benzene rings is 1. The molecule has 152 valence electrons. The minimum atomic E-state index is 0.0313. The number of allylic oxidation sites excluding steroid dienone is 2. The zero-order chi connectivity index (χ0) is 20.2. The van der Waals surface area contributed by atoms with Crippen molar-refractivity contribution < 1.29 is 4.79 Å². The average molecular weight is 410 g/mol. The average Bonchev–Trinajstić information content (AvgIpc) is 3.19. The maximum absolute atomic E-state index is 12.8. The number of para-hydroxylation sites is 2. The predicted molar refractivity (Wildman–Crippen MR) is 120 cm³/mol. The molecular formula is C22H27N5OS. The molecule has 2 aliphatic rings. The van der Waals surface area contributed by atoms with E-state index in [1.165, 1.54) is 11.8 Å². The lowest BCUT2D eigenvalue weighted by Crippen LogP contribution is -2.38. The molecule has 1 aliphatic heterocycles. The third kappa shape index (κ3) is 4.56. The zero-order valence-corrected chi connectivity index (χ0v) is 17.7. The Morgan fingerprint density at radius 2 is 2.17 bits per heavy atom. The summed E-state index contributed by atoms with van der Waals surface area (Å²) in [5.74, 6) is 1.44. The van der Waals surface area contributed by atoms with Crippen molar-refractivity contribution in [3.8, 4) is 0 Å². The quantitative estimate of drug-likeness (QED) is 0.510. The summed E-state index contributed by atoms with van der Waals surface area (Å²) in [4.78, 5) is 21.8. The van der Waals surface area contributed by atoms with Crippen molar-refractivity contribution in [1.82, 2.24) is 20.7 Å². The third-order valence-electron chi connectivity index (χ3n) is 5.61. The topological polar surface area (TPSA) is 82.2 Å². The van der Waals surface area contributed by atoms with Crippen molar-refractivity contribution in [2.24, 2.45) is 5.10 Å². The summed E-state index contributed by atoms with van der Waals surface area (Å²) >= 11 is 1.48. The lowest BCUT2D eigenvalue weighted by Gasteiger charge is -2.29. The van der Waals surface area contributed by atoms with Gasteiger partial charge in [0.2, 0.25) is 0 Å². The van der Waals surface area contributed by atoms with E-state index in [2.05, 4.69) is 26.9 Å². The van der Waals surface area contributed by atoms with Crippen molar-refractivity contribution in [1.29, 1.82) is 0 Å². The molecule has 1 saturated carbocycles. The van der Waals surface area contributed by atoms with Crippen LogP contribution in [0.1, 0.15) is 50.8 Å². The monoisotopic (exact) mass is 409 g/mol. The minimum absolute atomic E-state index is 0.0313. The van der Waals surface area contributed by atoms with Gasteiger partial charge >= 0.3 is 0 Å². The van der Waals surface area contributed by atoms with Crippen LogP contribution in [-0.4, -0.2) is 34.7 Å². The molecule has 0 spiro atoms. The molecule has 1 aromatic heterocycles. The highest BCUT2D eigenvalue weighted by Gasteiger charge is 2.27. The highest BCUT2D eigenvalue weighted by Crippen LogP contribution is 2.33. The van der Waals surface area contributed by atoms with Gasteiger partial charge in [0.05, 0.1) is 21.7 Å². The van der Waals surface area contributed by atoms with E-state index in [1.807, 2.05) is 36.6 Å². The number of nitrogens with one attached hydrogen (secondary N) is 3. The molecule has 4 rings (SSSR count). The Morgan fingerprint density at radius 1 is 1.31 bits per heavy atom. The van der Waals surface area contributed by atoms with Crippen molar-refractivity contribution in [3.63, 3.8) is 0 Å². The molecule has 2 heterocycles. The van der Waals surface area contributed by atoms with Gasteiger partial charge in [0.15, 0.2) is 0 Å². The van der Waals surface area contributed by atoms with Crippen LogP contribution in [0.4, 0.5) is 0 Å². The van der Waals surface area contributed by atoms with Gasteiger partial charge in [-0.2, -0.15) is 5.10 Å². The number of aromatic nitrogens is 2. The highest BCUT2D eigenvalue weighted by molar-refractivity contribution is 8.06. The summed E-state index contributed by atoms with van der Waals surface area (Å²) in [6.45, 7) is 1.97. The van der Waals surface area contributed by atoms with Gasteiger partial charge < -0.3 is 15.7 Å². The summed E-state index contributed by atoms with van der Waals surface area (Å²) < 4.78 is 0. The largest absolute Gasteiger partial charge is 0.349 e. The number of hydrogen-bond acceptors (Lipinski definition) is 5. The molecule has 2 aromatic rings. The number of carbonyl (C=O) groups excluding carboxylic acids is 1. The molecule has 0 saturated heterocycles. The van der Waals surface area contributed by atoms with Gasteiger partial charge in [0.1, 0.15) is 5.82 Å². The van der Waals surface area contributed by atoms with Gasteiger partial charge in [-0.05, 0) is 55.7 Å². The van der Waals surface area contributed by atoms with Crippen molar-refractivity contribution in [2.45, 2.75) is 51.0 Å². The number of thioether (sulfide) groups is 1. The fourth-order valence-corrected chi connectivity index (χ4v) is 4.93. The molecule has 0 bridgehead atoms. The number of carbonyl (C=O) groups is 1. The van der Waals surface area contributed by atoms with E-state index in [9.17, 15) is 4.79 Å². The number of nitrogens with zero attached hydrogens (tertiary/aromatic N) is 2. The minimum Gasteiger partial charge on any atom is -0.349 e. The number of amides is 1. The van der Waals surface area contributed by atoms with Gasteiger partial charge in [0.25, 0.3) is 5.91 Å². The fourth-order valence-electron chi connectivity index (χ4n) is 4.04. The number of imidazole rings is 1. The van der Waals surface area contributed by atoms with E-state index in [-0.39, 0.29) is 11.9 Å². The zero-order valence-electron chi connectivity index (χ0n) is 16.9. The Kier molecular flexibility index (Phi) is 6.04. The molecule has 0 radical (unpaired) electrons. The molecule has 1 amide bonds. The molecule has 7 heteroatoms. The van der Waals surface area contributed by atoms with Crippen LogP contribution in [0.3, 0.4) is 0 Å². The smallest absolute Gasteiger partial charge is 0.257 e. The maximum atomic E-state index is 12.8. The van der Waals surface area contributed by atoms with Crippen LogP contribution in [-0.2, 0) is 4.79 Å². The predicted octanol–water partition coefficient (Wildman–Crippen LogP) is 4.21. The second-order valence-corrected chi connectivity index (χ2v) is 8.54. The molecule has 1 fully saturated rings. The molecule has 29 heavy (non-hydrogen) atoms. The number of aromatic amines is 1. The van der Waals surface area contributed by atoms with E-state index < -0.39 is 0 Å². The van der Waals surface area contributed by atoms with Gasteiger partial charge in [-0.25, -0.2) is 4.98 Å². The standard InChI is InChI=1S/C22H27N5OS/c1-14(27-23-2)16-10-11-20(29-13-16)22(28)24-17-7-5-6-15(12-17)21-25-18-8-3-4-9-19(18)26-21/h3-4,8-9,11,13,15,17,23H,5-7,10,12H2,1-2H3,(H,24,28)(H,25,26)/b27-14-/t15?,17-/m1/s1. The molecule has 3 N–H and O–H groups in total. The first kappa shape index (κ1) is 19.8. The van der Waals surface area contributed by atoms with E-state index in [1.54, 1.807) is 7.05 Å². The van der Waals surface area contributed by atoms with Crippen molar-refractivity contribution in [3.05, 3.63) is 52.1 Å². The number of hydrazone groups is 1. The summed E-state index contributed by atoms with van der Waals surface area (Å²) in [6, 6.07) is 8.32. The van der Waals surface area contributed by atoms with Crippen molar-refractivity contribution >= 4 is 34.4 Å². The molecule has 1 aromatic carbocycles. The Balaban J connectivity index is 1.36. The highest BCUT2D eigenvalue weighted by atomic mass is 32.2. The Hall–Kier alpha value is -2.54. The Bertz CT molecular complexity index is 957. The molecule has 1 unspecified atom stereocenters. The van der Waals surface area contributed by atoms with Crippen LogP contribution < -0.4 is 10.7 Å². The second kappa shape index (κ2) is 8.86. The lowest BCUT2D eigenvalue weighted by molar-refractivity contribution is -0.117.